The number of thiazole rings is 1. The number of carbonyl (C=O) groups is 1. The van der Waals surface area contributed by atoms with Gasteiger partial charge in [-0.15, -0.1) is 11.3 Å². The van der Waals surface area contributed by atoms with Gasteiger partial charge in [-0.05, 0) is 19.2 Å². The van der Waals surface area contributed by atoms with Crippen molar-refractivity contribution in [2.24, 2.45) is 0 Å². The number of benzene rings is 1. The van der Waals surface area contributed by atoms with Crippen LogP contribution in [0.15, 0.2) is 29.6 Å². The van der Waals surface area contributed by atoms with Gasteiger partial charge in [0, 0.05) is 24.0 Å². The van der Waals surface area contributed by atoms with Crippen molar-refractivity contribution in [3.63, 3.8) is 0 Å². The van der Waals surface area contributed by atoms with Gasteiger partial charge in [-0.25, -0.2) is 4.98 Å². The van der Waals surface area contributed by atoms with Crippen LogP contribution in [0.4, 0.5) is 0 Å². The molecule has 0 atom stereocenters. The Morgan fingerprint density at radius 2 is 2.29 bits per heavy atom. The van der Waals surface area contributed by atoms with Gasteiger partial charge in [0.15, 0.2) is 0 Å². The lowest BCUT2D eigenvalue weighted by atomic mass is 10.2. The minimum Gasteiger partial charge on any atom is -0.497 e. The van der Waals surface area contributed by atoms with Gasteiger partial charge in [-0.2, -0.15) is 0 Å². The molecule has 0 unspecified atom stereocenters. The SMILES string of the molecule is COc1cccc(-c2nc(CN(C)CCC(=O)O)cs2)c1. The van der Waals surface area contributed by atoms with Crippen molar-refractivity contribution in [1.82, 2.24) is 9.88 Å². The van der Waals surface area contributed by atoms with Crippen LogP contribution < -0.4 is 4.74 Å². The maximum atomic E-state index is 10.6. The summed E-state index contributed by atoms with van der Waals surface area (Å²) in [5.74, 6) is 0.0278. The van der Waals surface area contributed by atoms with E-state index in [0.717, 1.165) is 22.0 Å². The standard InChI is InChI=1S/C15H18N2O3S/c1-17(7-6-14(18)19)9-12-10-21-15(16-12)11-4-3-5-13(8-11)20-2/h3-5,8,10H,6-7,9H2,1-2H3,(H,18,19). The molecule has 112 valence electrons. The fourth-order valence-corrected chi connectivity index (χ4v) is 2.72. The maximum Gasteiger partial charge on any atom is 0.304 e. The number of ether oxygens (including phenoxy) is 1. The van der Waals surface area contributed by atoms with Crippen molar-refractivity contribution in [3.8, 4) is 16.3 Å². The first kappa shape index (κ1) is 15.5. The molecule has 21 heavy (non-hydrogen) atoms. The molecule has 0 fully saturated rings. The van der Waals surface area contributed by atoms with Crippen LogP contribution in [0.1, 0.15) is 12.1 Å². The quantitative estimate of drug-likeness (QED) is 0.852. The molecule has 5 nitrogen and oxygen atoms in total. The van der Waals surface area contributed by atoms with E-state index in [4.69, 9.17) is 9.84 Å². The normalized spacial score (nSPS) is 10.8. The second-order valence-corrected chi connectivity index (χ2v) is 5.62. The monoisotopic (exact) mass is 306 g/mol. The average Bonchev–Trinajstić information content (AvgIpc) is 2.93. The third-order valence-corrected chi connectivity index (χ3v) is 3.95. The minimum atomic E-state index is -0.780. The zero-order valence-electron chi connectivity index (χ0n) is 12.1. The lowest BCUT2D eigenvalue weighted by Gasteiger charge is -2.13. The van der Waals surface area contributed by atoms with E-state index < -0.39 is 5.97 Å². The smallest absolute Gasteiger partial charge is 0.304 e. The molecule has 0 radical (unpaired) electrons. The van der Waals surface area contributed by atoms with Crippen molar-refractivity contribution < 1.29 is 14.6 Å². The van der Waals surface area contributed by atoms with Gasteiger partial charge in [0.1, 0.15) is 10.8 Å². The van der Waals surface area contributed by atoms with Crippen molar-refractivity contribution in [1.29, 1.82) is 0 Å². The molecule has 1 aromatic carbocycles. The lowest BCUT2D eigenvalue weighted by molar-refractivity contribution is -0.137. The highest BCUT2D eigenvalue weighted by Crippen LogP contribution is 2.27. The van der Waals surface area contributed by atoms with Crippen molar-refractivity contribution in [3.05, 3.63) is 35.3 Å². The summed E-state index contributed by atoms with van der Waals surface area (Å²) in [4.78, 5) is 17.1. The molecular formula is C15H18N2O3S. The Morgan fingerprint density at radius 3 is 3.00 bits per heavy atom. The minimum absolute atomic E-state index is 0.142. The molecule has 0 aliphatic heterocycles. The van der Waals surface area contributed by atoms with Gasteiger partial charge in [0.2, 0.25) is 0 Å². The number of hydrogen-bond donors (Lipinski definition) is 1. The zero-order chi connectivity index (χ0) is 15.2. The summed E-state index contributed by atoms with van der Waals surface area (Å²) < 4.78 is 5.22. The maximum absolute atomic E-state index is 10.6. The van der Waals surface area contributed by atoms with Gasteiger partial charge in [-0.3, -0.25) is 9.69 Å². The van der Waals surface area contributed by atoms with Crippen LogP contribution in [0.25, 0.3) is 10.6 Å². The summed E-state index contributed by atoms with van der Waals surface area (Å²) in [5.41, 5.74) is 1.98. The fraction of sp³-hybridized carbons (Fsp3) is 0.333. The second kappa shape index (κ2) is 7.19. The van der Waals surface area contributed by atoms with E-state index in [1.165, 1.54) is 0 Å². The molecule has 0 aliphatic rings. The van der Waals surface area contributed by atoms with E-state index in [-0.39, 0.29) is 6.42 Å². The number of carboxylic acids is 1. The third kappa shape index (κ3) is 4.54. The Kier molecular flexibility index (Phi) is 5.30. The highest BCUT2D eigenvalue weighted by atomic mass is 32.1. The van der Waals surface area contributed by atoms with Gasteiger partial charge in [0.05, 0.1) is 19.2 Å². The Hall–Kier alpha value is -1.92. The first-order valence-corrected chi connectivity index (χ1v) is 7.45. The van der Waals surface area contributed by atoms with E-state index in [2.05, 4.69) is 4.98 Å². The molecule has 1 N–H and O–H groups in total. The van der Waals surface area contributed by atoms with E-state index in [9.17, 15) is 4.79 Å². The number of aliphatic carboxylic acids is 1. The van der Waals surface area contributed by atoms with Crippen LogP contribution in [0.3, 0.4) is 0 Å². The van der Waals surface area contributed by atoms with Gasteiger partial charge >= 0.3 is 5.97 Å². The Morgan fingerprint density at radius 1 is 1.48 bits per heavy atom. The number of aromatic nitrogens is 1. The van der Waals surface area contributed by atoms with Crippen molar-refractivity contribution in [2.75, 3.05) is 20.7 Å². The second-order valence-electron chi connectivity index (χ2n) is 4.76. The lowest BCUT2D eigenvalue weighted by Crippen LogP contribution is -2.21. The third-order valence-electron chi connectivity index (χ3n) is 3.01. The molecule has 1 heterocycles. The molecule has 0 amide bonds. The number of rotatable bonds is 7. The Balaban J connectivity index is 2.02. The number of nitrogens with zero attached hydrogens (tertiary/aromatic N) is 2. The van der Waals surface area contributed by atoms with Crippen LogP contribution >= 0.6 is 11.3 Å². The van der Waals surface area contributed by atoms with Crippen LogP contribution in [0.2, 0.25) is 0 Å². The number of methoxy groups -OCH3 is 1. The topological polar surface area (TPSA) is 62.7 Å². The summed E-state index contributed by atoms with van der Waals surface area (Å²) in [6, 6.07) is 7.79. The predicted molar refractivity (Wildman–Crippen MR) is 82.7 cm³/mol. The van der Waals surface area contributed by atoms with Gasteiger partial charge in [0.25, 0.3) is 0 Å². The van der Waals surface area contributed by atoms with Crippen LogP contribution in [-0.2, 0) is 11.3 Å². The van der Waals surface area contributed by atoms with E-state index >= 15 is 0 Å². The van der Waals surface area contributed by atoms with Crippen molar-refractivity contribution >= 4 is 17.3 Å². The van der Waals surface area contributed by atoms with Crippen LogP contribution in [-0.4, -0.2) is 41.7 Å². The first-order chi connectivity index (χ1) is 10.1. The number of hydrogen-bond acceptors (Lipinski definition) is 5. The van der Waals surface area contributed by atoms with Crippen LogP contribution in [0, 0.1) is 0 Å². The zero-order valence-corrected chi connectivity index (χ0v) is 12.9. The molecule has 0 spiro atoms. The summed E-state index contributed by atoms with van der Waals surface area (Å²) in [6.07, 6.45) is 0.142. The van der Waals surface area contributed by atoms with Crippen molar-refractivity contribution in [2.45, 2.75) is 13.0 Å². The fourth-order valence-electron chi connectivity index (χ4n) is 1.91. The molecule has 0 saturated carbocycles. The van der Waals surface area contributed by atoms with E-state index in [0.29, 0.717) is 13.1 Å². The summed E-state index contributed by atoms with van der Waals surface area (Å²) in [7, 11) is 3.54. The molecule has 0 aliphatic carbocycles. The molecule has 2 rings (SSSR count). The van der Waals surface area contributed by atoms with E-state index in [1.807, 2.05) is 41.6 Å². The Labute approximate surface area is 127 Å². The highest BCUT2D eigenvalue weighted by Gasteiger charge is 2.09. The molecule has 6 heteroatoms. The largest absolute Gasteiger partial charge is 0.497 e. The highest BCUT2D eigenvalue weighted by molar-refractivity contribution is 7.13. The molecule has 1 aromatic heterocycles. The number of carboxylic acid groups (broad SMARTS) is 1. The first-order valence-electron chi connectivity index (χ1n) is 6.57. The Bertz CT molecular complexity index is 612. The van der Waals surface area contributed by atoms with Crippen LogP contribution in [0.5, 0.6) is 5.75 Å². The predicted octanol–water partition coefficient (Wildman–Crippen LogP) is 2.73. The molecule has 0 saturated heterocycles. The van der Waals surface area contributed by atoms with Gasteiger partial charge < -0.3 is 9.84 Å². The van der Waals surface area contributed by atoms with Gasteiger partial charge in [-0.1, -0.05) is 12.1 Å². The summed E-state index contributed by atoms with van der Waals surface area (Å²) >= 11 is 1.58. The molecular weight excluding hydrogens is 288 g/mol. The average molecular weight is 306 g/mol. The molecule has 2 aromatic rings. The summed E-state index contributed by atoms with van der Waals surface area (Å²) in [6.45, 7) is 1.16. The molecule has 0 bridgehead atoms. The summed E-state index contributed by atoms with van der Waals surface area (Å²) in [5, 5.41) is 11.6. The van der Waals surface area contributed by atoms with E-state index in [1.54, 1.807) is 18.4 Å².